The van der Waals surface area contributed by atoms with Gasteiger partial charge in [0, 0.05) is 24.2 Å². The molecule has 0 atom stereocenters. The van der Waals surface area contributed by atoms with E-state index in [1.54, 1.807) is 0 Å². The zero-order valence-corrected chi connectivity index (χ0v) is 16.2. The highest BCUT2D eigenvalue weighted by Crippen LogP contribution is 2.32. The summed E-state index contributed by atoms with van der Waals surface area (Å²) in [5.41, 5.74) is 1.32. The first-order chi connectivity index (χ1) is 12.6. The summed E-state index contributed by atoms with van der Waals surface area (Å²) in [5.74, 6) is 0. The molecule has 144 valence electrons. The Kier molecular flexibility index (Phi) is 6.54. The number of carbonyl (C=O) groups is 1. The molecule has 0 heterocycles. The van der Waals surface area contributed by atoms with Crippen LogP contribution in [0.2, 0.25) is 0 Å². The Balaban J connectivity index is 1.33. The van der Waals surface area contributed by atoms with Gasteiger partial charge in [0.05, 0.1) is 0 Å². The number of likely N-dealkylation sites (N-methyl/N-ethyl adjacent to an activating group) is 1. The average molecular weight is 360 g/mol. The zero-order valence-electron chi connectivity index (χ0n) is 16.2. The maximum atomic E-state index is 11.9. The second-order valence-corrected chi connectivity index (χ2v) is 8.13. The number of alkyl carbamates (subject to hydrolysis) is 1. The molecule has 2 N–H and O–H groups in total. The van der Waals surface area contributed by atoms with Crippen LogP contribution < -0.4 is 10.6 Å². The quantitative estimate of drug-likeness (QED) is 0.784. The Morgan fingerprint density at radius 3 is 2.46 bits per heavy atom. The Morgan fingerprint density at radius 2 is 1.81 bits per heavy atom. The predicted molar refractivity (Wildman–Crippen MR) is 104 cm³/mol. The van der Waals surface area contributed by atoms with Gasteiger partial charge in [-0.25, -0.2) is 4.79 Å². The highest BCUT2D eigenvalue weighted by Gasteiger charge is 2.37. The Hall–Kier alpha value is -1.59. The van der Waals surface area contributed by atoms with E-state index in [-0.39, 0.29) is 12.1 Å². The van der Waals surface area contributed by atoms with Crippen LogP contribution in [0.5, 0.6) is 0 Å². The third-order valence-electron chi connectivity index (χ3n) is 6.13. The minimum absolute atomic E-state index is 0.234. The van der Waals surface area contributed by atoms with Gasteiger partial charge in [0.1, 0.15) is 6.61 Å². The summed E-state index contributed by atoms with van der Waals surface area (Å²) < 4.78 is 5.30. The lowest BCUT2D eigenvalue weighted by atomic mass is 9.79. The topological polar surface area (TPSA) is 53.6 Å². The van der Waals surface area contributed by atoms with E-state index in [0.29, 0.717) is 18.2 Å². The van der Waals surface area contributed by atoms with Crippen molar-refractivity contribution in [2.45, 2.75) is 69.2 Å². The fraction of sp³-hybridized carbons (Fsp3) is 0.667. The van der Waals surface area contributed by atoms with E-state index in [4.69, 9.17) is 4.74 Å². The van der Waals surface area contributed by atoms with Crippen LogP contribution in [0.4, 0.5) is 4.79 Å². The minimum atomic E-state index is -0.311. The molecule has 0 aromatic heterocycles. The van der Waals surface area contributed by atoms with E-state index >= 15 is 0 Å². The van der Waals surface area contributed by atoms with Crippen molar-refractivity contribution in [3.05, 3.63) is 35.9 Å². The molecule has 0 radical (unpaired) electrons. The monoisotopic (exact) mass is 359 g/mol. The van der Waals surface area contributed by atoms with Crippen molar-refractivity contribution < 1.29 is 9.53 Å². The number of hydrogen-bond donors (Lipinski definition) is 2. The van der Waals surface area contributed by atoms with Gasteiger partial charge in [-0.1, -0.05) is 49.6 Å². The number of benzene rings is 1. The van der Waals surface area contributed by atoms with E-state index in [1.165, 1.54) is 32.1 Å². The normalized spacial score (nSPS) is 24.7. The van der Waals surface area contributed by atoms with E-state index in [9.17, 15) is 4.79 Å². The summed E-state index contributed by atoms with van der Waals surface area (Å²) in [4.78, 5) is 14.3. The minimum Gasteiger partial charge on any atom is -0.445 e. The van der Waals surface area contributed by atoms with Crippen molar-refractivity contribution in [2.75, 3.05) is 20.6 Å². The number of hydrogen-bond acceptors (Lipinski definition) is 4. The van der Waals surface area contributed by atoms with Crippen molar-refractivity contribution in [1.29, 1.82) is 0 Å². The van der Waals surface area contributed by atoms with Gasteiger partial charge in [-0.05, 0) is 45.3 Å². The van der Waals surface area contributed by atoms with Crippen molar-refractivity contribution >= 4 is 6.09 Å². The van der Waals surface area contributed by atoms with Crippen LogP contribution in [-0.4, -0.2) is 49.3 Å². The lowest BCUT2D eigenvalue weighted by Crippen LogP contribution is -2.58. The van der Waals surface area contributed by atoms with Gasteiger partial charge in [0.15, 0.2) is 0 Å². The molecule has 0 unspecified atom stereocenters. The standard InChI is InChI=1S/C21H33N3O2/c1-24(2)21(11-7-4-8-12-21)16-22-18-13-19(14-18)23-20(25)26-15-17-9-5-3-6-10-17/h3,5-6,9-10,18-19,22H,4,7-8,11-16H2,1-2H3,(H,23,25). The van der Waals surface area contributed by atoms with Gasteiger partial charge in [-0.3, -0.25) is 0 Å². The van der Waals surface area contributed by atoms with Gasteiger partial charge in [-0.15, -0.1) is 0 Å². The molecular weight excluding hydrogens is 326 g/mol. The molecule has 0 spiro atoms. The fourth-order valence-electron chi connectivity index (χ4n) is 4.16. The molecule has 0 aliphatic heterocycles. The van der Waals surface area contributed by atoms with Crippen LogP contribution in [0.3, 0.4) is 0 Å². The first-order valence-corrected chi connectivity index (χ1v) is 9.95. The molecule has 0 bridgehead atoms. The van der Waals surface area contributed by atoms with Crippen LogP contribution in [0.15, 0.2) is 30.3 Å². The molecule has 2 fully saturated rings. The summed E-state index contributed by atoms with van der Waals surface area (Å²) >= 11 is 0. The third-order valence-corrected chi connectivity index (χ3v) is 6.13. The number of nitrogens with zero attached hydrogens (tertiary/aromatic N) is 1. The molecule has 2 aliphatic rings. The van der Waals surface area contributed by atoms with E-state index < -0.39 is 0 Å². The number of carbonyl (C=O) groups excluding carboxylic acids is 1. The second-order valence-electron chi connectivity index (χ2n) is 8.13. The van der Waals surface area contributed by atoms with Crippen LogP contribution in [-0.2, 0) is 11.3 Å². The predicted octanol–water partition coefficient (Wildman–Crippen LogP) is 3.30. The largest absolute Gasteiger partial charge is 0.445 e. The first-order valence-electron chi connectivity index (χ1n) is 9.95. The molecular formula is C21H33N3O2. The molecule has 5 nitrogen and oxygen atoms in total. The smallest absolute Gasteiger partial charge is 0.407 e. The van der Waals surface area contributed by atoms with Crippen LogP contribution in [0, 0.1) is 0 Å². The molecule has 3 rings (SSSR count). The van der Waals surface area contributed by atoms with Gasteiger partial charge in [-0.2, -0.15) is 0 Å². The zero-order chi connectivity index (χ0) is 18.4. The van der Waals surface area contributed by atoms with Crippen molar-refractivity contribution in [1.82, 2.24) is 15.5 Å². The van der Waals surface area contributed by atoms with Crippen molar-refractivity contribution in [3.8, 4) is 0 Å². The second kappa shape index (κ2) is 8.87. The van der Waals surface area contributed by atoms with Crippen LogP contribution in [0.25, 0.3) is 0 Å². The number of amides is 1. The SMILES string of the molecule is CN(C)C1(CNC2CC(NC(=O)OCc3ccccc3)C2)CCCCC1. The third kappa shape index (κ3) is 4.98. The number of nitrogens with one attached hydrogen (secondary N) is 2. The average Bonchev–Trinajstić information content (AvgIpc) is 2.63. The molecule has 1 aromatic carbocycles. The highest BCUT2D eigenvalue weighted by atomic mass is 16.5. The van der Waals surface area contributed by atoms with E-state index in [1.807, 2.05) is 30.3 Å². The fourth-order valence-corrected chi connectivity index (χ4v) is 4.16. The Labute approximate surface area is 157 Å². The summed E-state index contributed by atoms with van der Waals surface area (Å²) in [6.45, 7) is 1.38. The Morgan fingerprint density at radius 1 is 1.12 bits per heavy atom. The molecule has 26 heavy (non-hydrogen) atoms. The van der Waals surface area contributed by atoms with Crippen LogP contribution >= 0.6 is 0 Å². The molecule has 0 saturated heterocycles. The van der Waals surface area contributed by atoms with Gasteiger partial charge < -0.3 is 20.3 Å². The lowest BCUT2D eigenvalue weighted by molar-refractivity contribution is 0.0854. The van der Waals surface area contributed by atoms with Crippen LogP contribution in [0.1, 0.15) is 50.5 Å². The van der Waals surface area contributed by atoms with E-state index in [0.717, 1.165) is 24.9 Å². The molecule has 2 aliphatic carbocycles. The van der Waals surface area contributed by atoms with Gasteiger partial charge in [0.2, 0.25) is 0 Å². The molecule has 1 aromatic rings. The first kappa shape index (κ1) is 19.2. The highest BCUT2D eigenvalue weighted by molar-refractivity contribution is 5.67. The summed E-state index contributed by atoms with van der Waals surface area (Å²) in [6, 6.07) is 10.5. The summed E-state index contributed by atoms with van der Waals surface area (Å²) in [6.07, 6.45) is 8.28. The maximum absolute atomic E-state index is 11.9. The maximum Gasteiger partial charge on any atom is 0.407 e. The summed E-state index contributed by atoms with van der Waals surface area (Å²) in [5, 5.41) is 6.71. The molecule has 2 saturated carbocycles. The van der Waals surface area contributed by atoms with Crippen molar-refractivity contribution in [2.24, 2.45) is 0 Å². The molecule has 5 heteroatoms. The van der Waals surface area contributed by atoms with Gasteiger partial charge in [0.25, 0.3) is 0 Å². The van der Waals surface area contributed by atoms with E-state index in [2.05, 4.69) is 29.6 Å². The molecule has 1 amide bonds. The number of ether oxygens (including phenoxy) is 1. The lowest BCUT2D eigenvalue weighted by Gasteiger charge is -2.46. The van der Waals surface area contributed by atoms with Gasteiger partial charge >= 0.3 is 6.09 Å². The Bertz CT molecular complexity index is 564. The summed E-state index contributed by atoms with van der Waals surface area (Å²) in [7, 11) is 4.42. The number of rotatable bonds is 7. The van der Waals surface area contributed by atoms with Crippen molar-refractivity contribution in [3.63, 3.8) is 0 Å².